The second-order valence-electron chi connectivity index (χ2n) is 24.3. The molecule has 546 valence electrons. The van der Waals surface area contributed by atoms with E-state index in [1.807, 2.05) is 39.8 Å². The summed E-state index contributed by atoms with van der Waals surface area (Å²) in [6, 6.07) is 17.4. The Labute approximate surface area is 610 Å². The molecule has 2 aliphatic heterocycles. The van der Waals surface area contributed by atoms with Gasteiger partial charge in [-0.25, -0.2) is 0 Å². The number of rotatable bonds is 30. The molecule has 6 N–H and O–H groups in total. The third kappa shape index (κ3) is 19.7. The molecule has 3 aliphatic rings. The molecule has 3 aromatic heterocycles. The fourth-order valence-corrected chi connectivity index (χ4v) is 16.0. The fraction of sp³-hybridized carbons (Fsp3) is 0.406. The van der Waals surface area contributed by atoms with Crippen molar-refractivity contribution in [1.82, 2.24) is 24.9 Å². The number of thioether (sulfide) groups is 1. The number of aromatic nitrogens is 5. The highest BCUT2D eigenvalue weighted by molar-refractivity contribution is 7.99. The van der Waals surface area contributed by atoms with Crippen LogP contribution in [-0.2, 0) is 39.4 Å². The summed E-state index contributed by atoms with van der Waals surface area (Å²) in [5.41, 5.74) is 2.57. The molecule has 2 saturated heterocycles. The smallest absolute Gasteiger partial charge is 0.294 e. The van der Waals surface area contributed by atoms with Crippen LogP contribution in [0.25, 0.3) is 12.2 Å². The molecule has 0 radical (unpaired) electrons. The number of methoxy groups -OCH3 is 2. The first-order valence-electron chi connectivity index (χ1n) is 33.9. The van der Waals surface area contributed by atoms with E-state index in [0.29, 0.717) is 113 Å². The summed E-state index contributed by atoms with van der Waals surface area (Å²) in [6.45, 7) is 15.8. The first-order chi connectivity index (χ1) is 49.4. The van der Waals surface area contributed by atoms with E-state index in [2.05, 4.69) is 40.9 Å². The lowest BCUT2D eigenvalue weighted by Crippen LogP contribution is -2.30. The molecule has 2 amide bonds. The number of ether oxygens (including phenoxy) is 2. The molecule has 0 bridgehead atoms. The third-order valence-corrected chi connectivity index (χ3v) is 22.0. The number of nitrogens with zero attached hydrogens (tertiary/aromatic N) is 13. The minimum Gasteiger partial charge on any atom is -0.494 e. The number of Topliss-reactive ketones (excluding diaryl/α,β-unsaturated/α-hetero) is 2. The molecule has 4 aromatic carbocycles. The number of hydrogen-bond acceptors (Lipinski definition) is 28. The van der Waals surface area contributed by atoms with Crippen LogP contribution in [0.4, 0.5) is 79.3 Å². The molecule has 5 heterocycles. The predicted molar refractivity (Wildman–Crippen MR) is 404 cm³/mol. The zero-order valence-corrected chi connectivity index (χ0v) is 62.5. The molecule has 34 heteroatoms. The van der Waals surface area contributed by atoms with Crippen LogP contribution in [0.3, 0.4) is 0 Å². The number of anilines is 10. The number of benzene rings is 4. The van der Waals surface area contributed by atoms with E-state index < -0.39 is 53.4 Å². The van der Waals surface area contributed by atoms with Gasteiger partial charge in [0.15, 0.2) is 16.7 Å². The Morgan fingerprint density at radius 2 is 0.961 bits per heavy atom. The highest BCUT2D eigenvalue weighted by atomic mass is 32.2. The van der Waals surface area contributed by atoms with Crippen molar-refractivity contribution in [3.63, 3.8) is 0 Å². The van der Waals surface area contributed by atoms with Crippen molar-refractivity contribution >= 4 is 169 Å². The van der Waals surface area contributed by atoms with E-state index in [1.54, 1.807) is 38.1 Å². The summed E-state index contributed by atoms with van der Waals surface area (Å²) in [6.07, 6.45) is 13.6. The molecular weight excluding hydrogens is 1420 g/mol. The molecule has 1 saturated carbocycles. The lowest BCUT2D eigenvalue weighted by molar-refractivity contribution is -0.120. The topological polar surface area (TPSA) is 370 Å². The number of hydrogen-bond donors (Lipinski definition) is 6. The Morgan fingerprint density at radius 1 is 0.563 bits per heavy atom. The second kappa shape index (κ2) is 34.8. The van der Waals surface area contributed by atoms with Gasteiger partial charge in [-0.3, -0.25) is 28.3 Å². The number of nitrogens with one attached hydrogen (secondary N) is 4. The van der Waals surface area contributed by atoms with Crippen LogP contribution in [0.15, 0.2) is 119 Å². The lowest BCUT2D eigenvalue weighted by Gasteiger charge is -2.27. The van der Waals surface area contributed by atoms with Gasteiger partial charge in [0.25, 0.3) is 32.1 Å². The van der Waals surface area contributed by atoms with Crippen LogP contribution >= 0.6 is 34.4 Å². The van der Waals surface area contributed by atoms with Crippen molar-refractivity contribution in [2.45, 2.75) is 132 Å². The minimum atomic E-state index is -4.60. The third-order valence-electron chi connectivity index (χ3n) is 17.4. The average Bonchev–Trinajstić information content (AvgIpc) is 1.36. The maximum absolute atomic E-state index is 13.9. The van der Waals surface area contributed by atoms with Crippen LogP contribution in [0.5, 0.6) is 11.5 Å². The maximum Gasteiger partial charge on any atom is 0.294 e. The van der Waals surface area contributed by atoms with Crippen LogP contribution in [0, 0.1) is 0 Å². The number of azo groups is 2. The Kier molecular flexibility index (Phi) is 25.8. The summed E-state index contributed by atoms with van der Waals surface area (Å²) in [7, 11) is -6.05. The Morgan fingerprint density at radius 3 is 1.33 bits per heavy atom. The van der Waals surface area contributed by atoms with Crippen molar-refractivity contribution in [3.8, 4) is 11.5 Å². The van der Waals surface area contributed by atoms with E-state index in [0.717, 1.165) is 117 Å². The van der Waals surface area contributed by atoms with Crippen molar-refractivity contribution in [2.75, 3.05) is 107 Å². The predicted octanol–water partition coefficient (Wildman–Crippen LogP) is 14.9. The number of carbonyl (C=O) groups excluding carboxylic acids is 4. The van der Waals surface area contributed by atoms with Crippen molar-refractivity contribution < 1.29 is 54.6 Å². The van der Waals surface area contributed by atoms with Gasteiger partial charge >= 0.3 is 0 Å². The van der Waals surface area contributed by atoms with Gasteiger partial charge in [0, 0.05) is 81.1 Å². The molecule has 103 heavy (non-hydrogen) atoms. The minimum absolute atomic E-state index is 0.0407. The Bertz CT molecular complexity index is 4360. The average molecular weight is 1500 g/mol. The molecule has 29 nitrogen and oxygen atoms in total. The second-order valence-corrected chi connectivity index (χ2v) is 30.5. The van der Waals surface area contributed by atoms with E-state index in [4.69, 9.17) is 54.9 Å². The van der Waals surface area contributed by atoms with Crippen molar-refractivity contribution in [2.24, 2.45) is 20.5 Å². The van der Waals surface area contributed by atoms with Gasteiger partial charge in [0.2, 0.25) is 22.2 Å². The Balaban J connectivity index is 1.04. The van der Waals surface area contributed by atoms with Crippen LogP contribution in [-0.4, -0.2) is 146 Å². The van der Waals surface area contributed by atoms with E-state index in [-0.39, 0.29) is 49.9 Å². The van der Waals surface area contributed by atoms with Crippen molar-refractivity contribution in [1.29, 1.82) is 0 Å². The summed E-state index contributed by atoms with van der Waals surface area (Å²) >= 11 is 3.79. The quantitative estimate of drug-likeness (QED) is 0.00800. The van der Waals surface area contributed by atoms with Gasteiger partial charge in [0.05, 0.1) is 67.7 Å². The zero-order chi connectivity index (χ0) is 73.5. The van der Waals surface area contributed by atoms with Crippen LogP contribution in [0.2, 0.25) is 0 Å². The van der Waals surface area contributed by atoms with Crippen molar-refractivity contribution in [3.05, 3.63) is 93.7 Å². The largest absolute Gasteiger partial charge is 0.494 e. The lowest BCUT2D eigenvalue weighted by atomic mass is 10.0. The number of amides is 2. The zero-order valence-electron chi connectivity index (χ0n) is 58.4. The van der Waals surface area contributed by atoms with E-state index >= 15 is 0 Å². The number of piperidine rings is 2. The van der Waals surface area contributed by atoms with Gasteiger partial charge in [-0.15, -0.1) is 20.5 Å². The molecule has 0 atom stereocenters. The van der Waals surface area contributed by atoms with Gasteiger partial charge in [-0.05, 0) is 154 Å². The monoisotopic (exact) mass is 1500 g/mol. The molecule has 3 fully saturated rings. The molecule has 7 aromatic rings. The Hall–Kier alpha value is -9.32. The number of ketones is 2. The normalized spacial score (nSPS) is 15.0. The highest BCUT2D eigenvalue weighted by Gasteiger charge is 2.28. The number of thiazole rings is 2. The molecule has 0 spiro atoms. The maximum atomic E-state index is 13.9. The van der Waals surface area contributed by atoms with E-state index in [9.17, 15) is 45.1 Å². The number of carbonyl (C=O) groups is 4. The molecule has 0 unspecified atom stereocenters. The summed E-state index contributed by atoms with van der Waals surface area (Å²) in [5.74, 6) is -0.477. The molecule has 10 rings (SSSR count). The molecule has 1 aliphatic carbocycles. The van der Waals surface area contributed by atoms with Gasteiger partial charge in [-0.2, -0.15) is 41.8 Å². The molecular formula is C69H83N17O12S5. The van der Waals surface area contributed by atoms with Gasteiger partial charge < -0.3 is 50.3 Å². The standard InChI is InChI=1S/C69H83N17O12S5/c1-9-83(10-2)55-38-51(53(40-57(55)97-7)79-81-68-74-61(85-30-18-14-19-31-85)59(100-68)36-49(42(5)87)63(89)70-44-24-22-28-47(34-44)102(91,92)93)72-65-76-66(78-67(77-65)99-46-26-16-13-17-27-46)73-52-39-56(84(11-3)12-4)58(98-8)41-54(52)80-82-69-75-62(86-32-20-15-21-33-86)60(101-69)37-50(43(6)88)64(90)71-45-25-23-29-48(35-45)103(94,95)96/h22-25,28-29,34-41,46H,9-21,26-27,30-33H2,1-8H3,(H,70,89)(H,71,90)(H,91,92,93)(H,94,95,96)(H2,72,73,76,77,78)/b49-36-,50-37+,81-79+,82-80+. The van der Waals surface area contributed by atoms with Gasteiger partial charge in [0.1, 0.15) is 34.5 Å². The summed E-state index contributed by atoms with van der Waals surface area (Å²) in [4.78, 5) is 87.9. The van der Waals surface area contributed by atoms with E-state index in [1.165, 1.54) is 62.4 Å². The fourth-order valence-electron chi connectivity index (χ4n) is 12.1. The first-order valence-corrected chi connectivity index (χ1v) is 39.3. The van der Waals surface area contributed by atoms with Gasteiger partial charge in [-0.1, -0.05) is 65.8 Å². The highest BCUT2D eigenvalue weighted by Crippen LogP contribution is 2.45. The first kappa shape index (κ1) is 76.3. The van der Waals surface area contributed by atoms with Crippen LogP contribution in [0.1, 0.15) is 122 Å². The van der Waals surface area contributed by atoms with Crippen LogP contribution < -0.4 is 50.3 Å². The summed E-state index contributed by atoms with van der Waals surface area (Å²) in [5, 5.41) is 32.3. The summed E-state index contributed by atoms with van der Waals surface area (Å²) < 4.78 is 79.3. The SMILES string of the molecule is CCN(CC)c1cc(Nc2nc(Nc3cc(N(CC)CC)c(OC)cc3/N=N/c3nc(N4CCCCC4)c(/C=C(\C(C)=O)C(=O)Nc4cccc(S(=O)(=O)O)c4)s3)nc(SC3CCCCC3)n2)c(/N=N/c2nc(N3CCCCC3)c(/C=C(/C(C)=O)C(=O)Nc3cccc(S(=O)(=O)O)c3)s2)cc1OC.